The molecule has 0 bridgehead atoms. The van der Waals surface area contributed by atoms with E-state index >= 15 is 0 Å². The first-order valence-electron chi connectivity index (χ1n) is 23.1. The molecular weight excluding hydrogens is 647 g/mol. The van der Waals surface area contributed by atoms with Gasteiger partial charge in [-0.3, -0.25) is 4.79 Å². The maximum atomic E-state index is 12.4. The number of amides is 1. The van der Waals surface area contributed by atoms with Crippen LogP contribution in [0.2, 0.25) is 0 Å². The van der Waals surface area contributed by atoms with Crippen LogP contribution in [-0.2, 0) is 4.79 Å². The molecule has 0 aromatic heterocycles. The highest BCUT2D eigenvalue weighted by Gasteiger charge is 2.28. The van der Waals surface area contributed by atoms with Crippen LogP contribution in [0.1, 0.15) is 245 Å². The van der Waals surface area contributed by atoms with E-state index in [-0.39, 0.29) is 0 Å². The standard InChI is InChI=1S/C46H91NO5/c1-3-5-7-9-11-13-14-15-16-17-18-19-20-21-22-23-24-25-26-27-28-29-30-32-33-35-37-39-43(49)45(51)42(41-48)47-46(52)44(50)40-38-36-34-31-12-10-8-6-4-2/h32-33,42-45,48-51H,3-31,34-41H2,1-2H3,(H,47,52)/b33-32+. The molecule has 0 rings (SSSR count). The maximum Gasteiger partial charge on any atom is 0.249 e. The molecule has 0 aromatic carbocycles. The largest absolute Gasteiger partial charge is 0.394 e. The Balaban J connectivity index is 3.62. The van der Waals surface area contributed by atoms with Crippen molar-refractivity contribution in [2.24, 2.45) is 0 Å². The Kier molecular flexibility index (Phi) is 40.5. The lowest BCUT2D eigenvalue weighted by Gasteiger charge is -2.27. The third-order valence-electron chi connectivity index (χ3n) is 11.0. The molecule has 0 spiro atoms. The summed E-state index contributed by atoms with van der Waals surface area (Å²) in [5.41, 5.74) is 0. The van der Waals surface area contributed by atoms with E-state index in [2.05, 4.69) is 31.3 Å². The normalized spacial score (nSPS) is 14.2. The highest BCUT2D eigenvalue weighted by atomic mass is 16.3. The smallest absolute Gasteiger partial charge is 0.249 e. The predicted molar refractivity (Wildman–Crippen MR) is 224 cm³/mol. The summed E-state index contributed by atoms with van der Waals surface area (Å²) in [5.74, 6) is -0.594. The third kappa shape index (κ3) is 34.8. The topological polar surface area (TPSA) is 110 Å². The van der Waals surface area contributed by atoms with Gasteiger partial charge in [0.1, 0.15) is 12.2 Å². The second-order valence-corrected chi connectivity index (χ2v) is 16.1. The molecule has 0 radical (unpaired) electrons. The van der Waals surface area contributed by atoms with Crippen molar-refractivity contribution in [2.45, 2.75) is 269 Å². The minimum atomic E-state index is -1.28. The molecular formula is C46H91NO5. The second-order valence-electron chi connectivity index (χ2n) is 16.1. The highest BCUT2D eigenvalue weighted by Crippen LogP contribution is 2.17. The van der Waals surface area contributed by atoms with Crippen LogP contribution in [0.25, 0.3) is 0 Å². The van der Waals surface area contributed by atoms with Gasteiger partial charge >= 0.3 is 0 Å². The molecule has 5 N–H and O–H groups in total. The van der Waals surface area contributed by atoms with Gasteiger partial charge in [0, 0.05) is 0 Å². The molecule has 4 unspecified atom stereocenters. The molecule has 0 saturated carbocycles. The zero-order valence-corrected chi connectivity index (χ0v) is 34.8. The van der Waals surface area contributed by atoms with Crippen molar-refractivity contribution in [3.63, 3.8) is 0 Å². The fourth-order valence-corrected chi connectivity index (χ4v) is 7.29. The van der Waals surface area contributed by atoms with Crippen LogP contribution in [-0.4, -0.2) is 57.3 Å². The lowest BCUT2D eigenvalue weighted by atomic mass is 10.00. The predicted octanol–water partition coefficient (Wildman–Crippen LogP) is 12.2. The van der Waals surface area contributed by atoms with Gasteiger partial charge in [0.15, 0.2) is 0 Å². The van der Waals surface area contributed by atoms with Crippen molar-refractivity contribution in [1.82, 2.24) is 5.32 Å². The van der Waals surface area contributed by atoms with Crippen molar-refractivity contribution >= 4 is 5.91 Å². The van der Waals surface area contributed by atoms with Crippen molar-refractivity contribution in [1.29, 1.82) is 0 Å². The Bertz CT molecular complexity index is 746. The van der Waals surface area contributed by atoms with E-state index in [1.54, 1.807) is 0 Å². The molecule has 1 amide bonds. The van der Waals surface area contributed by atoms with Crippen LogP contribution >= 0.6 is 0 Å². The number of aliphatic hydroxyl groups excluding tert-OH is 4. The maximum absolute atomic E-state index is 12.4. The summed E-state index contributed by atoms with van der Waals surface area (Å²) < 4.78 is 0. The molecule has 0 saturated heterocycles. The number of hydrogen-bond acceptors (Lipinski definition) is 5. The summed E-state index contributed by atoms with van der Waals surface area (Å²) in [6.45, 7) is 4.02. The van der Waals surface area contributed by atoms with Gasteiger partial charge in [-0.1, -0.05) is 219 Å². The molecule has 0 aliphatic carbocycles. The van der Waals surface area contributed by atoms with Gasteiger partial charge in [-0.05, 0) is 38.5 Å². The Hall–Kier alpha value is -0.950. The molecule has 52 heavy (non-hydrogen) atoms. The fraction of sp³-hybridized carbons (Fsp3) is 0.935. The molecule has 0 heterocycles. The van der Waals surface area contributed by atoms with Gasteiger partial charge in [-0.15, -0.1) is 0 Å². The van der Waals surface area contributed by atoms with E-state index in [9.17, 15) is 25.2 Å². The second kappa shape index (κ2) is 41.2. The number of allylic oxidation sites excluding steroid dienone is 2. The molecule has 0 aliphatic rings. The first-order valence-corrected chi connectivity index (χ1v) is 23.1. The first-order chi connectivity index (χ1) is 25.5. The fourth-order valence-electron chi connectivity index (χ4n) is 7.29. The van der Waals surface area contributed by atoms with Crippen LogP contribution in [0.15, 0.2) is 12.2 Å². The Labute approximate surface area is 323 Å². The molecule has 6 nitrogen and oxygen atoms in total. The summed E-state index contributed by atoms with van der Waals surface area (Å²) in [6, 6.07) is -0.996. The van der Waals surface area contributed by atoms with E-state index < -0.39 is 36.9 Å². The summed E-state index contributed by atoms with van der Waals surface area (Å²) in [4.78, 5) is 12.4. The molecule has 0 aliphatic heterocycles. The number of carbonyl (C=O) groups is 1. The number of carbonyl (C=O) groups excluding carboxylic acids is 1. The van der Waals surface area contributed by atoms with Crippen LogP contribution in [0.4, 0.5) is 0 Å². The van der Waals surface area contributed by atoms with Gasteiger partial charge in [0.2, 0.25) is 5.91 Å². The average molecular weight is 738 g/mol. The van der Waals surface area contributed by atoms with Gasteiger partial charge in [-0.25, -0.2) is 0 Å². The van der Waals surface area contributed by atoms with Crippen molar-refractivity contribution < 1.29 is 25.2 Å². The monoisotopic (exact) mass is 738 g/mol. The Morgan fingerprint density at radius 3 is 1.15 bits per heavy atom. The van der Waals surface area contributed by atoms with E-state index in [0.717, 1.165) is 38.5 Å². The van der Waals surface area contributed by atoms with E-state index in [0.29, 0.717) is 12.8 Å². The van der Waals surface area contributed by atoms with Gasteiger partial charge in [-0.2, -0.15) is 0 Å². The molecule has 310 valence electrons. The van der Waals surface area contributed by atoms with Crippen LogP contribution in [0.5, 0.6) is 0 Å². The van der Waals surface area contributed by atoms with Crippen LogP contribution < -0.4 is 5.32 Å². The summed E-state index contributed by atoms with van der Waals surface area (Å²) in [6.07, 6.45) is 45.7. The van der Waals surface area contributed by atoms with Crippen LogP contribution in [0, 0.1) is 0 Å². The number of rotatable bonds is 42. The number of unbranched alkanes of at least 4 members (excludes halogenated alkanes) is 31. The highest BCUT2D eigenvalue weighted by molar-refractivity contribution is 5.80. The van der Waals surface area contributed by atoms with Crippen molar-refractivity contribution in [3.8, 4) is 0 Å². The van der Waals surface area contributed by atoms with Gasteiger partial charge in [0.05, 0.1) is 18.8 Å². The van der Waals surface area contributed by atoms with Crippen LogP contribution in [0.3, 0.4) is 0 Å². The zero-order chi connectivity index (χ0) is 38.2. The number of aliphatic hydroxyl groups is 4. The minimum absolute atomic E-state index is 0.365. The van der Waals surface area contributed by atoms with E-state index in [4.69, 9.17) is 0 Å². The van der Waals surface area contributed by atoms with Crippen molar-refractivity contribution in [3.05, 3.63) is 12.2 Å². The lowest BCUT2D eigenvalue weighted by Crippen LogP contribution is -2.53. The summed E-state index contributed by atoms with van der Waals surface area (Å²) >= 11 is 0. The minimum Gasteiger partial charge on any atom is -0.394 e. The number of nitrogens with one attached hydrogen (secondary N) is 1. The summed E-state index contributed by atoms with van der Waals surface area (Å²) in [5, 5.41) is 43.5. The van der Waals surface area contributed by atoms with E-state index in [1.165, 1.54) is 180 Å². The number of hydrogen-bond donors (Lipinski definition) is 5. The first kappa shape index (κ1) is 51.0. The molecule has 6 heteroatoms. The zero-order valence-electron chi connectivity index (χ0n) is 34.8. The van der Waals surface area contributed by atoms with Gasteiger partial charge < -0.3 is 25.7 Å². The average Bonchev–Trinajstić information content (AvgIpc) is 3.15. The Morgan fingerprint density at radius 2 is 0.788 bits per heavy atom. The van der Waals surface area contributed by atoms with Gasteiger partial charge in [0.25, 0.3) is 0 Å². The SMILES string of the molecule is CCCCCCCCCCCCCCCCCCCCCCCC/C=C/CCCC(O)C(O)C(CO)NC(=O)C(O)CCCCCCCCCCC. The lowest BCUT2D eigenvalue weighted by molar-refractivity contribution is -0.132. The van der Waals surface area contributed by atoms with E-state index in [1.807, 2.05) is 0 Å². The quantitative estimate of drug-likeness (QED) is 0.0316. The molecule has 4 atom stereocenters. The third-order valence-corrected chi connectivity index (χ3v) is 11.0. The molecule has 0 aromatic rings. The summed E-state index contributed by atoms with van der Waals surface area (Å²) in [7, 11) is 0. The molecule has 0 fully saturated rings. The Morgan fingerprint density at radius 1 is 0.462 bits per heavy atom. The van der Waals surface area contributed by atoms with Crippen molar-refractivity contribution in [2.75, 3.05) is 6.61 Å².